The van der Waals surface area contributed by atoms with Crippen molar-refractivity contribution in [3.63, 3.8) is 0 Å². The lowest BCUT2D eigenvalue weighted by Crippen LogP contribution is -2.20. The number of H-pyrrole nitrogens is 1. The summed E-state index contributed by atoms with van der Waals surface area (Å²) < 4.78 is 41.0. The lowest BCUT2D eigenvalue weighted by Gasteiger charge is -2.13. The molecule has 3 aromatic rings. The van der Waals surface area contributed by atoms with Gasteiger partial charge in [0.2, 0.25) is 10.0 Å². The Bertz CT molecular complexity index is 1200. The summed E-state index contributed by atoms with van der Waals surface area (Å²) in [5.74, 6) is -1.26. The van der Waals surface area contributed by atoms with Gasteiger partial charge in [-0.2, -0.15) is 5.10 Å². The first-order valence-corrected chi connectivity index (χ1v) is 12.0. The number of fused-ring (bicyclic) bond motifs is 1. The van der Waals surface area contributed by atoms with E-state index in [-0.39, 0.29) is 16.5 Å². The third kappa shape index (κ3) is 4.85. The minimum Gasteiger partial charge on any atom is -0.320 e. The molecule has 0 saturated carbocycles. The number of rotatable bonds is 8. The highest BCUT2D eigenvalue weighted by Gasteiger charge is 2.22. The number of pyridine rings is 1. The van der Waals surface area contributed by atoms with Crippen molar-refractivity contribution in [1.29, 1.82) is 0 Å². The van der Waals surface area contributed by atoms with Crippen LogP contribution in [0.25, 0.3) is 11.0 Å². The van der Waals surface area contributed by atoms with Crippen molar-refractivity contribution >= 4 is 61.7 Å². The number of sulfonamides is 1. The van der Waals surface area contributed by atoms with E-state index in [1.54, 1.807) is 13.0 Å². The molecule has 0 aliphatic heterocycles. The fourth-order valence-corrected chi connectivity index (χ4v) is 4.78. The Kier molecular flexibility index (Phi) is 6.84. The van der Waals surface area contributed by atoms with E-state index in [2.05, 4.69) is 25.2 Å². The molecule has 0 aliphatic carbocycles. The van der Waals surface area contributed by atoms with Crippen LogP contribution in [0.3, 0.4) is 0 Å². The molecule has 0 radical (unpaired) electrons. The molecule has 1 aromatic carbocycles. The molecule has 0 aliphatic rings. The first-order chi connectivity index (χ1) is 14.3. The molecule has 2 aromatic heterocycles. The molecule has 8 nitrogen and oxygen atoms in total. The number of aromatic nitrogens is 3. The van der Waals surface area contributed by atoms with Gasteiger partial charge in [-0.25, -0.2) is 17.8 Å². The van der Waals surface area contributed by atoms with Gasteiger partial charge in [0.25, 0.3) is 5.91 Å². The van der Waals surface area contributed by atoms with E-state index in [4.69, 9.17) is 11.6 Å². The average Bonchev–Trinajstić information content (AvgIpc) is 3.07. The van der Waals surface area contributed by atoms with Crippen LogP contribution in [0.1, 0.15) is 30.6 Å². The Hall–Kier alpha value is -2.37. The highest BCUT2D eigenvalue weighted by molar-refractivity contribution is 7.99. The highest BCUT2D eigenvalue weighted by atomic mass is 35.5. The van der Waals surface area contributed by atoms with Crippen LogP contribution in [0.2, 0.25) is 5.02 Å². The van der Waals surface area contributed by atoms with Crippen LogP contribution >= 0.6 is 23.4 Å². The maximum atomic E-state index is 14.9. The molecule has 0 bridgehead atoms. The molecule has 0 unspecified atom stereocenters. The first-order valence-electron chi connectivity index (χ1n) is 9.02. The quantitative estimate of drug-likeness (QED) is 0.422. The number of amides is 1. The molecule has 2 heterocycles. The second-order valence-electron chi connectivity index (χ2n) is 6.24. The van der Waals surface area contributed by atoms with Gasteiger partial charge in [0.05, 0.1) is 39.3 Å². The summed E-state index contributed by atoms with van der Waals surface area (Å²) in [5.41, 5.74) is 0.0617. The summed E-state index contributed by atoms with van der Waals surface area (Å²) in [6, 6.07) is 4.10. The van der Waals surface area contributed by atoms with Gasteiger partial charge in [-0.15, -0.1) is 11.8 Å². The zero-order valence-corrected chi connectivity index (χ0v) is 18.5. The average molecular weight is 472 g/mol. The van der Waals surface area contributed by atoms with E-state index >= 15 is 0 Å². The Morgan fingerprint density at radius 2 is 2.10 bits per heavy atom. The monoisotopic (exact) mass is 471 g/mol. The van der Waals surface area contributed by atoms with Crippen LogP contribution in [0.4, 0.5) is 15.8 Å². The second kappa shape index (κ2) is 9.19. The van der Waals surface area contributed by atoms with E-state index in [9.17, 15) is 17.6 Å². The topological polar surface area (TPSA) is 117 Å². The first kappa shape index (κ1) is 22.3. The summed E-state index contributed by atoms with van der Waals surface area (Å²) in [4.78, 5) is 16.9. The van der Waals surface area contributed by atoms with Crippen molar-refractivity contribution in [1.82, 2.24) is 15.2 Å². The van der Waals surface area contributed by atoms with Crippen molar-refractivity contribution in [3.05, 3.63) is 40.8 Å². The molecule has 1 amide bonds. The smallest absolute Gasteiger partial charge is 0.260 e. The second-order valence-corrected chi connectivity index (χ2v) is 9.74. The van der Waals surface area contributed by atoms with E-state index in [0.29, 0.717) is 23.1 Å². The van der Waals surface area contributed by atoms with E-state index in [0.717, 1.165) is 10.8 Å². The number of anilines is 2. The van der Waals surface area contributed by atoms with Crippen LogP contribution in [0.15, 0.2) is 29.4 Å². The number of carbonyl (C=O) groups excluding carboxylic acids is 1. The van der Waals surface area contributed by atoms with Crippen molar-refractivity contribution < 1.29 is 17.6 Å². The normalized spacial score (nSPS) is 11.6. The lowest BCUT2D eigenvalue weighted by molar-refractivity contribution is 0.102. The van der Waals surface area contributed by atoms with E-state index in [1.165, 1.54) is 30.1 Å². The van der Waals surface area contributed by atoms with Crippen molar-refractivity contribution in [3.8, 4) is 0 Å². The fourth-order valence-electron chi connectivity index (χ4n) is 2.72. The number of thioether (sulfide) groups is 1. The maximum absolute atomic E-state index is 14.9. The maximum Gasteiger partial charge on any atom is 0.260 e. The van der Waals surface area contributed by atoms with E-state index in [1.807, 2.05) is 6.92 Å². The number of nitrogens with zero attached hydrogens (tertiary/aromatic N) is 2. The molecule has 30 heavy (non-hydrogen) atoms. The Morgan fingerprint density at radius 3 is 2.80 bits per heavy atom. The van der Waals surface area contributed by atoms with Crippen LogP contribution < -0.4 is 10.0 Å². The van der Waals surface area contributed by atoms with Crippen molar-refractivity contribution in [2.75, 3.05) is 21.5 Å². The summed E-state index contributed by atoms with van der Waals surface area (Å²) in [5, 5.41) is 10.8. The Balaban J connectivity index is 1.90. The summed E-state index contributed by atoms with van der Waals surface area (Å²) in [6.07, 6.45) is 1.76. The molecular weight excluding hydrogens is 453 g/mol. The van der Waals surface area contributed by atoms with E-state index < -0.39 is 27.3 Å². The number of hydrogen-bond acceptors (Lipinski definition) is 6. The molecule has 0 fully saturated rings. The number of aromatic amines is 1. The van der Waals surface area contributed by atoms with Crippen LogP contribution in [-0.2, 0) is 10.0 Å². The third-order valence-corrected chi connectivity index (χ3v) is 6.64. The van der Waals surface area contributed by atoms with Gasteiger partial charge < -0.3 is 5.32 Å². The summed E-state index contributed by atoms with van der Waals surface area (Å²) in [7, 11) is -3.74. The van der Waals surface area contributed by atoms with Gasteiger partial charge in [-0.1, -0.05) is 25.4 Å². The number of nitrogens with one attached hydrogen (secondary N) is 3. The zero-order chi connectivity index (χ0) is 21.9. The summed E-state index contributed by atoms with van der Waals surface area (Å²) >= 11 is 7.54. The van der Waals surface area contributed by atoms with Gasteiger partial charge in [0, 0.05) is 0 Å². The lowest BCUT2D eigenvalue weighted by atomic mass is 10.1. The fraction of sp³-hybridized carbons (Fsp3) is 0.278. The Morgan fingerprint density at radius 1 is 1.33 bits per heavy atom. The molecule has 3 rings (SSSR count). The zero-order valence-electron chi connectivity index (χ0n) is 16.1. The van der Waals surface area contributed by atoms with Crippen molar-refractivity contribution in [2.45, 2.75) is 25.3 Å². The predicted octanol–water partition coefficient (Wildman–Crippen LogP) is 4.27. The molecule has 0 atom stereocenters. The molecule has 160 valence electrons. The molecular formula is C18H19ClFN5O3S2. The minimum atomic E-state index is -3.74. The highest BCUT2D eigenvalue weighted by Crippen LogP contribution is 2.29. The number of halogens is 2. The number of hydrogen-bond donors (Lipinski definition) is 3. The third-order valence-electron chi connectivity index (χ3n) is 3.98. The molecule has 0 spiro atoms. The largest absolute Gasteiger partial charge is 0.320 e. The van der Waals surface area contributed by atoms with Crippen LogP contribution in [-0.4, -0.2) is 41.0 Å². The Labute approximate surface area is 182 Å². The molecule has 0 saturated heterocycles. The standard InChI is InChI=1S/C18H19ClFN5O3S2/c1-3-7-30(27,28)25-13-6-5-12(19)14(15(13)20)17(26)22-10-8-11-16(21-9-10)23-24-18(11)29-4-2/h5-6,8-9,25H,3-4,7H2,1-2H3,(H,22,26)(H,21,23,24). The molecule has 3 N–H and O–H groups in total. The van der Waals surface area contributed by atoms with Gasteiger partial charge in [0.1, 0.15) is 5.03 Å². The van der Waals surface area contributed by atoms with Crippen molar-refractivity contribution in [2.24, 2.45) is 0 Å². The SMILES string of the molecule is CCCS(=O)(=O)Nc1ccc(Cl)c(C(=O)Nc2cnc3[nH]nc(SCC)c3c2)c1F. The van der Waals surface area contributed by atoms with Gasteiger partial charge >= 0.3 is 0 Å². The number of benzene rings is 1. The molecule has 12 heteroatoms. The van der Waals surface area contributed by atoms with Gasteiger partial charge in [0.15, 0.2) is 11.5 Å². The summed E-state index contributed by atoms with van der Waals surface area (Å²) in [6.45, 7) is 3.67. The minimum absolute atomic E-state index is 0.150. The van der Waals surface area contributed by atoms with Gasteiger partial charge in [-0.3, -0.25) is 14.6 Å². The number of carbonyl (C=O) groups is 1. The van der Waals surface area contributed by atoms with Crippen LogP contribution in [0.5, 0.6) is 0 Å². The van der Waals surface area contributed by atoms with Gasteiger partial charge in [-0.05, 0) is 30.4 Å². The predicted molar refractivity (Wildman–Crippen MR) is 117 cm³/mol. The van der Waals surface area contributed by atoms with Crippen LogP contribution in [0, 0.1) is 5.82 Å².